The first-order chi connectivity index (χ1) is 17.5. The summed E-state index contributed by atoms with van der Waals surface area (Å²) in [6.45, 7) is 6.13. The molecule has 3 aromatic rings. The molecule has 0 aliphatic carbocycles. The number of morpholine rings is 1. The van der Waals surface area contributed by atoms with Gasteiger partial charge in [0.2, 0.25) is 5.91 Å². The van der Waals surface area contributed by atoms with E-state index in [0.29, 0.717) is 22.3 Å². The van der Waals surface area contributed by atoms with E-state index in [1.807, 2.05) is 12.1 Å². The van der Waals surface area contributed by atoms with Gasteiger partial charge in [-0.25, -0.2) is 9.97 Å². The van der Waals surface area contributed by atoms with E-state index in [9.17, 15) is 10.1 Å². The van der Waals surface area contributed by atoms with Gasteiger partial charge in [0.15, 0.2) is 5.16 Å². The summed E-state index contributed by atoms with van der Waals surface area (Å²) in [6.07, 6.45) is 1.98. The van der Waals surface area contributed by atoms with Crippen molar-refractivity contribution in [3.8, 4) is 17.3 Å². The fourth-order valence-corrected chi connectivity index (χ4v) is 4.71. The summed E-state index contributed by atoms with van der Waals surface area (Å²) in [6, 6.07) is 15.3. The molecule has 0 bridgehead atoms. The molecule has 9 nitrogen and oxygen atoms in total. The van der Waals surface area contributed by atoms with Crippen LogP contribution in [0.1, 0.15) is 30.3 Å². The minimum atomic E-state index is -0.153. The number of nitrogens with one attached hydrogen (secondary N) is 1. The molecule has 0 unspecified atom stereocenters. The number of rotatable bonds is 9. The first-order valence-electron chi connectivity index (χ1n) is 11.8. The number of ether oxygens (including phenoxy) is 1. The van der Waals surface area contributed by atoms with Crippen molar-refractivity contribution in [2.45, 2.75) is 30.7 Å². The number of anilines is 2. The second kappa shape index (κ2) is 12.4. The lowest BCUT2D eigenvalue weighted by atomic mass is 10.1. The zero-order chi connectivity index (χ0) is 25.3. The van der Waals surface area contributed by atoms with E-state index in [0.717, 1.165) is 62.6 Å². The molecule has 1 amide bonds. The van der Waals surface area contributed by atoms with Crippen LogP contribution in [0.15, 0.2) is 47.6 Å². The standard InChI is InChI=1S/C26H29N7O2S/c1-18(34)29-21-9-7-19(8-10-21)24-23(16-27)25(28)32-26(31-24)36-17-22-5-2-4-20(30-22)6-3-11-33-12-14-35-15-13-33/h2,4-5,7-10H,3,6,11-15,17H2,1H3,(H,29,34)(H2,28,31,32). The molecule has 4 rings (SSSR count). The van der Waals surface area contributed by atoms with Crippen LogP contribution < -0.4 is 11.1 Å². The average molecular weight is 504 g/mol. The highest BCUT2D eigenvalue weighted by molar-refractivity contribution is 7.98. The van der Waals surface area contributed by atoms with Crippen molar-refractivity contribution in [3.63, 3.8) is 0 Å². The quantitative estimate of drug-likeness (QED) is 0.333. The number of nitrogens with two attached hydrogens (primary N) is 1. The Morgan fingerprint density at radius 3 is 2.61 bits per heavy atom. The fraction of sp³-hybridized carbons (Fsp3) is 0.346. The molecule has 1 saturated heterocycles. The van der Waals surface area contributed by atoms with Crippen LogP contribution in [-0.4, -0.2) is 58.6 Å². The second-order valence-electron chi connectivity index (χ2n) is 8.45. The third-order valence-corrected chi connectivity index (χ3v) is 6.61. The van der Waals surface area contributed by atoms with Crippen molar-refractivity contribution in [2.24, 2.45) is 0 Å². The number of pyridine rings is 1. The van der Waals surface area contributed by atoms with E-state index in [1.54, 1.807) is 24.3 Å². The number of nitrogens with zero attached hydrogens (tertiary/aromatic N) is 5. The monoisotopic (exact) mass is 503 g/mol. The van der Waals surface area contributed by atoms with Crippen molar-refractivity contribution in [1.29, 1.82) is 5.26 Å². The molecule has 186 valence electrons. The van der Waals surface area contributed by atoms with E-state index in [4.69, 9.17) is 15.5 Å². The average Bonchev–Trinajstić information content (AvgIpc) is 2.88. The second-order valence-corrected chi connectivity index (χ2v) is 9.39. The molecular weight excluding hydrogens is 474 g/mol. The maximum absolute atomic E-state index is 11.3. The number of aromatic nitrogens is 3. The predicted octanol–water partition coefficient (Wildman–Crippen LogP) is 3.51. The number of carbonyl (C=O) groups excluding carboxylic acids is 1. The number of amides is 1. The van der Waals surface area contributed by atoms with Crippen molar-refractivity contribution in [3.05, 3.63) is 59.4 Å². The Kier molecular flexibility index (Phi) is 8.84. The number of carbonyl (C=O) groups is 1. The Morgan fingerprint density at radius 1 is 1.14 bits per heavy atom. The SMILES string of the molecule is CC(=O)Nc1ccc(-c2nc(SCc3cccc(CCCN4CCOCC4)n3)nc(N)c2C#N)cc1. The molecule has 3 N–H and O–H groups in total. The van der Waals surface area contributed by atoms with Gasteiger partial charge in [-0.05, 0) is 43.7 Å². The van der Waals surface area contributed by atoms with Crippen LogP contribution in [0.3, 0.4) is 0 Å². The van der Waals surface area contributed by atoms with Gasteiger partial charge in [0.1, 0.15) is 17.5 Å². The van der Waals surface area contributed by atoms with Gasteiger partial charge in [-0.2, -0.15) is 5.26 Å². The van der Waals surface area contributed by atoms with Crippen molar-refractivity contribution in [2.75, 3.05) is 43.9 Å². The number of aryl methyl sites for hydroxylation is 1. The van der Waals surface area contributed by atoms with Gasteiger partial charge in [-0.3, -0.25) is 14.7 Å². The largest absolute Gasteiger partial charge is 0.382 e. The maximum atomic E-state index is 11.3. The van der Waals surface area contributed by atoms with Crippen LogP contribution in [-0.2, 0) is 21.7 Å². The van der Waals surface area contributed by atoms with Gasteiger partial charge in [-0.15, -0.1) is 0 Å². The summed E-state index contributed by atoms with van der Waals surface area (Å²) in [5.74, 6) is 0.574. The third kappa shape index (κ3) is 7.01. The molecule has 1 aromatic carbocycles. The Hall–Kier alpha value is -3.52. The molecule has 1 fully saturated rings. The van der Waals surface area contributed by atoms with Gasteiger partial charge in [0.25, 0.3) is 0 Å². The summed E-state index contributed by atoms with van der Waals surface area (Å²) in [5, 5.41) is 12.8. The van der Waals surface area contributed by atoms with E-state index in [1.165, 1.54) is 18.7 Å². The Labute approximate surface area is 215 Å². The number of benzene rings is 1. The first kappa shape index (κ1) is 25.6. The van der Waals surface area contributed by atoms with Gasteiger partial charge >= 0.3 is 0 Å². The van der Waals surface area contributed by atoms with Crippen molar-refractivity contribution < 1.29 is 9.53 Å². The van der Waals surface area contributed by atoms with Crippen LogP contribution in [0.4, 0.5) is 11.5 Å². The Balaban J connectivity index is 1.41. The molecule has 3 heterocycles. The summed E-state index contributed by atoms with van der Waals surface area (Å²) < 4.78 is 5.41. The topological polar surface area (TPSA) is 130 Å². The van der Waals surface area contributed by atoms with Crippen LogP contribution in [0.5, 0.6) is 0 Å². The van der Waals surface area contributed by atoms with Gasteiger partial charge in [0, 0.05) is 42.7 Å². The predicted molar refractivity (Wildman–Crippen MR) is 140 cm³/mol. The van der Waals surface area contributed by atoms with Crippen LogP contribution in [0, 0.1) is 11.3 Å². The number of nitrogen functional groups attached to an aromatic ring is 1. The van der Waals surface area contributed by atoms with Gasteiger partial charge in [0.05, 0.1) is 24.6 Å². The number of thioether (sulfide) groups is 1. The molecule has 36 heavy (non-hydrogen) atoms. The smallest absolute Gasteiger partial charge is 0.221 e. The van der Waals surface area contributed by atoms with Crippen LogP contribution >= 0.6 is 11.8 Å². The number of hydrogen-bond acceptors (Lipinski definition) is 9. The highest BCUT2D eigenvalue weighted by Crippen LogP contribution is 2.29. The van der Waals surface area contributed by atoms with Gasteiger partial charge in [-0.1, -0.05) is 30.0 Å². The summed E-state index contributed by atoms with van der Waals surface area (Å²) in [4.78, 5) is 27.5. The lowest BCUT2D eigenvalue weighted by molar-refractivity contribution is -0.114. The molecule has 10 heteroatoms. The van der Waals surface area contributed by atoms with E-state index < -0.39 is 0 Å². The highest BCUT2D eigenvalue weighted by atomic mass is 32.2. The number of hydrogen-bond donors (Lipinski definition) is 2. The highest BCUT2D eigenvalue weighted by Gasteiger charge is 2.15. The lowest BCUT2D eigenvalue weighted by Crippen LogP contribution is -2.36. The van der Waals surface area contributed by atoms with Crippen LogP contribution in [0.2, 0.25) is 0 Å². The van der Waals surface area contributed by atoms with Crippen molar-refractivity contribution in [1.82, 2.24) is 19.9 Å². The summed E-state index contributed by atoms with van der Waals surface area (Å²) in [7, 11) is 0. The van der Waals surface area contributed by atoms with Crippen LogP contribution in [0.25, 0.3) is 11.3 Å². The minimum Gasteiger partial charge on any atom is -0.382 e. The first-order valence-corrected chi connectivity index (χ1v) is 12.8. The van der Waals surface area contributed by atoms with E-state index in [2.05, 4.69) is 32.3 Å². The molecule has 2 aromatic heterocycles. The molecule has 1 aliphatic heterocycles. The van der Waals surface area contributed by atoms with E-state index in [-0.39, 0.29) is 17.3 Å². The normalized spacial score (nSPS) is 13.8. The Bertz CT molecular complexity index is 1240. The van der Waals surface area contributed by atoms with Gasteiger partial charge < -0.3 is 15.8 Å². The molecule has 0 atom stereocenters. The zero-order valence-electron chi connectivity index (χ0n) is 20.2. The summed E-state index contributed by atoms with van der Waals surface area (Å²) in [5.41, 5.74) is 10.2. The zero-order valence-corrected chi connectivity index (χ0v) is 21.1. The number of nitriles is 1. The van der Waals surface area contributed by atoms with Crippen molar-refractivity contribution >= 4 is 29.2 Å². The molecule has 0 spiro atoms. The Morgan fingerprint density at radius 2 is 1.89 bits per heavy atom. The fourth-order valence-electron chi connectivity index (χ4n) is 3.95. The van der Waals surface area contributed by atoms with E-state index >= 15 is 0 Å². The molecule has 0 saturated carbocycles. The maximum Gasteiger partial charge on any atom is 0.221 e. The third-order valence-electron chi connectivity index (χ3n) is 5.73. The molecule has 1 aliphatic rings. The summed E-state index contributed by atoms with van der Waals surface area (Å²) >= 11 is 1.43. The molecular formula is C26H29N7O2S. The minimum absolute atomic E-state index is 0.140. The molecule has 0 radical (unpaired) electrons. The lowest BCUT2D eigenvalue weighted by Gasteiger charge is -2.26.